The monoisotopic (exact) mass is 431 g/mol. The van der Waals surface area contributed by atoms with E-state index in [0.29, 0.717) is 16.6 Å². The lowest BCUT2D eigenvalue weighted by Crippen LogP contribution is -2.06. The Hall–Kier alpha value is -2.11. The van der Waals surface area contributed by atoms with Crippen LogP contribution in [-0.2, 0) is 13.1 Å². The molecule has 28 heavy (non-hydrogen) atoms. The number of nitrogens with zero attached hydrogens (tertiary/aromatic N) is 5. The van der Waals surface area contributed by atoms with E-state index >= 15 is 0 Å². The van der Waals surface area contributed by atoms with Gasteiger partial charge in [-0.05, 0) is 35.2 Å². The van der Waals surface area contributed by atoms with E-state index in [1.54, 1.807) is 17.8 Å². The fraction of sp³-hybridized carbons (Fsp3) is 0.250. The van der Waals surface area contributed by atoms with Crippen molar-refractivity contribution in [2.24, 2.45) is 5.11 Å². The summed E-state index contributed by atoms with van der Waals surface area (Å²) in [4.78, 5) is 8.63. The summed E-state index contributed by atoms with van der Waals surface area (Å²) in [6.07, 6.45) is 0. The first kappa shape index (κ1) is 20.6. The first-order valence-electron chi connectivity index (χ1n) is 8.76. The Balaban J connectivity index is 2.10. The molecule has 0 spiro atoms. The predicted octanol–water partition coefficient (Wildman–Crippen LogP) is 7.32. The Kier molecular flexibility index (Phi) is 6.92. The van der Waals surface area contributed by atoms with E-state index in [0.717, 1.165) is 27.0 Å². The van der Waals surface area contributed by atoms with Crippen LogP contribution in [0, 0.1) is 0 Å². The molecule has 0 saturated heterocycles. The lowest BCUT2D eigenvalue weighted by atomic mass is 10.1. The molecule has 3 aromatic rings. The molecule has 0 radical (unpaired) electrons. The van der Waals surface area contributed by atoms with Crippen LogP contribution in [0.1, 0.15) is 36.8 Å². The van der Waals surface area contributed by atoms with Crippen LogP contribution >= 0.6 is 35.0 Å². The van der Waals surface area contributed by atoms with Crippen molar-refractivity contribution in [3.05, 3.63) is 86.1 Å². The summed E-state index contributed by atoms with van der Waals surface area (Å²) in [6, 6.07) is 15.6. The number of hydrogen-bond acceptors (Lipinski definition) is 3. The van der Waals surface area contributed by atoms with Crippen molar-refractivity contribution in [1.29, 1.82) is 0 Å². The van der Waals surface area contributed by atoms with Gasteiger partial charge in [-0.2, -0.15) is 0 Å². The molecule has 1 aromatic heterocycles. The molecule has 0 amide bonds. The third kappa shape index (κ3) is 5.03. The molecule has 2 aromatic carbocycles. The van der Waals surface area contributed by atoms with Gasteiger partial charge in [-0.15, -0.1) is 0 Å². The zero-order valence-corrected chi connectivity index (χ0v) is 17.8. The second kappa shape index (κ2) is 9.39. The van der Waals surface area contributed by atoms with Crippen molar-refractivity contribution in [2.45, 2.75) is 42.8 Å². The number of azide groups is 1. The summed E-state index contributed by atoms with van der Waals surface area (Å²) >= 11 is 13.9. The van der Waals surface area contributed by atoms with E-state index in [9.17, 15) is 0 Å². The lowest BCUT2D eigenvalue weighted by molar-refractivity contribution is 0.667. The third-order valence-electron chi connectivity index (χ3n) is 4.08. The summed E-state index contributed by atoms with van der Waals surface area (Å²) in [6.45, 7) is 5.02. The first-order chi connectivity index (χ1) is 13.5. The molecular formula is C20H19Cl2N5S. The highest BCUT2D eigenvalue weighted by Gasteiger charge is 2.20. The molecule has 5 nitrogen and oxygen atoms in total. The standard InChI is InChI=1S/C20H19Cl2N5S/c1-13(2)19-20(28-17-9-15(21)8-16(22)10-17)27(18(25-19)11-24-26-23)12-14-6-4-3-5-7-14/h3-10,13H,11-12H2,1-2H3. The molecule has 144 valence electrons. The van der Waals surface area contributed by atoms with Crippen LogP contribution in [0.5, 0.6) is 0 Å². The van der Waals surface area contributed by atoms with Crippen LogP contribution in [-0.4, -0.2) is 9.55 Å². The van der Waals surface area contributed by atoms with Crippen molar-refractivity contribution in [3.63, 3.8) is 0 Å². The number of benzene rings is 2. The summed E-state index contributed by atoms with van der Waals surface area (Å²) in [5, 5.41) is 5.91. The number of rotatable bonds is 7. The molecule has 0 aliphatic carbocycles. The normalized spacial score (nSPS) is 10.9. The van der Waals surface area contributed by atoms with Gasteiger partial charge in [-0.3, -0.25) is 0 Å². The Morgan fingerprint density at radius 3 is 2.43 bits per heavy atom. The van der Waals surface area contributed by atoms with Gasteiger partial charge in [-0.25, -0.2) is 4.98 Å². The van der Waals surface area contributed by atoms with Crippen molar-refractivity contribution >= 4 is 35.0 Å². The minimum Gasteiger partial charge on any atom is -0.318 e. The van der Waals surface area contributed by atoms with E-state index in [2.05, 4.69) is 40.6 Å². The van der Waals surface area contributed by atoms with Crippen molar-refractivity contribution in [1.82, 2.24) is 9.55 Å². The lowest BCUT2D eigenvalue weighted by Gasteiger charge is -2.13. The van der Waals surface area contributed by atoms with Gasteiger partial charge < -0.3 is 4.57 Å². The van der Waals surface area contributed by atoms with Crippen LogP contribution in [0.3, 0.4) is 0 Å². The van der Waals surface area contributed by atoms with Crippen molar-refractivity contribution in [3.8, 4) is 0 Å². The van der Waals surface area contributed by atoms with E-state index in [1.807, 2.05) is 30.3 Å². The zero-order valence-electron chi connectivity index (χ0n) is 15.5. The second-order valence-electron chi connectivity index (χ2n) is 6.54. The molecule has 0 N–H and O–H groups in total. The van der Waals surface area contributed by atoms with Crippen molar-refractivity contribution < 1.29 is 0 Å². The van der Waals surface area contributed by atoms with Gasteiger partial charge >= 0.3 is 0 Å². The number of halogens is 2. The fourth-order valence-electron chi connectivity index (χ4n) is 2.83. The largest absolute Gasteiger partial charge is 0.318 e. The second-order valence-corrected chi connectivity index (χ2v) is 8.48. The zero-order chi connectivity index (χ0) is 20.1. The third-order valence-corrected chi connectivity index (χ3v) is 5.61. The molecule has 8 heteroatoms. The van der Waals surface area contributed by atoms with E-state index in [4.69, 9.17) is 33.7 Å². The average molecular weight is 432 g/mol. The Bertz CT molecular complexity index is 991. The maximum Gasteiger partial charge on any atom is 0.116 e. The molecular weight excluding hydrogens is 413 g/mol. The van der Waals surface area contributed by atoms with Crippen LogP contribution < -0.4 is 0 Å². The number of hydrogen-bond donors (Lipinski definition) is 0. The van der Waals surface area contributed by atoms with Gasteiger partial charge in [0.05, 0.1) is 12.2 Å². The Morgan fingerprint density at radius 1 is 1.14 bits per heavy atom. The predicted molar refractivity (Wildman–Crippen MR) is 115 cm³/mol. The van der Waals surface area contributed by atoms with Gasteiger partial charge in [0.15, 0.2) is 0 Å². The van der Waals surface area contributed by atoms with Crippen LogP contribution in [0.4, 0.5) is 0 Å². The summed E-state index contributed by atoms with van der Waals surface area (Å²) < 4.78 is 2.11. The van der Waals surface area contributed by atoms with E-state index in [-0.39, 0.29) is 12.5 Å². The first-order valence-corrected chi connectivity index (χ1v) is 10.3. The molecule has 0 saturated carbocycles. The molecule has 0 unspecified atom stereocenters. The maximum atomic E-state index is 8.78. The fourth-order valence-corrected chi connectivity index (χ4v) is 4.75. The highest BCUT2D eigenvalue weighted by molar-refractivity contribution is 7.99. The van der Waals surface area contributed by atoms with Crippen molar-refractivity contribution in [2.75, 3.05) is 0 Å². The number of imidazole rings is 1. The molecule has 3 rings (SSSR count). The highest BCUT2D eigenvalue weighted by Crippen LogP contribution is 2.37. The van der Waals surface area contributed by atoms with Gasteiger partial charge in [0.1, 0.15) is 10.9 Å². The van der Waals surface area contributed by atoms with Crippen LogP contribution in [0.2, 0.25) is 10.0 Å². The van der Waals surface area contributed by atoms with E-state index < -0.39 is 0 Å². The molecule has 0 fully saturated rings. The summed E-state index contributed by atoms with van der Waals surface area (Å²) in [7, 11) is 0. The number of aromatic nitrogens is 2. The topological polar surface area (TPSA) is 66.6 Å². The Morgan fingerprint density at radius 2 is 1.82 bits per heavy atom. The van der Waals surface area contributed by atoms with Gasteiger partial charge in [0.2, 0.25) is 0 Å². The molecule has 0 aliphatic heterocycles. The highest BCUT2D eigenvalue weighted by atomic mass is 35.5. The summed E-state index contributed by atoms with van der Waals surface area (Å²) in [5.41, 5.74) is 10.9. The van der Waals surface area contributed by atoms with Gasteiger partial charge in [0, 0.05) is 26.4 Å². The van der Waals surface area contributed by atoms with Gasteiger partial charge in [-0.1, -0.05) is 84.3 Å². The minimum atomic E-state index is 0.194. The average Bonchev–Trinajstić information content (AvgIpc) is 2.97. The van der Waals surface area contributed by atoms with E-state index in [1.165, 1.54) is 0 Å². The molecule has 0 aliphatic rings. The minimum absolute atomic E-state index is 0.194. The smallest absolute Gasteiger partial charge is 0.116 e. The SMILES string of the molecule is CC(C)c1nc(CN=[N+]=[N-])n(Cc2ccccc2)c1Sc1cc(Cl)cc(Cl)c1. The van der Waals surface area contributed by atoms with Crippen LogP contribution in [0.15, 0.2) is 63.6 Å². The van der Waals surface area contributed by atoms with Gasteiger partial charge in [0.25, 0.3) is 0 Å². The van der Waals surface area contributed by atoms with Crippen LogP contribution in [0.25, 0.3) is 10.4 Å². The quantitative estimate of drug-likeness (QED) is 0.223. The molecule has 0 bridgehead atoms. The summed E-state index contributed by atoms with van der Waals surface area (Å²) in [5.74, 6) is 0.944. The molecule has 0 atom stereocenters. The maximum absolute atomic E-state index is 8.78. The Labute approximate surface area is 178 Å². The molecule has 1 heterocycles.